The third kappa shape index (κ3) is 6.54. The van der Waals surface area contributed by atoms with E-state index < -0.39 is 29.6 Å². The number of carboxylic acids is 2. The van der Waals surface area contributed by atoms with Crippen LogP contribution in [0.1, 0.15) is 24.2 Å². The molecule has 2 aromatic rings. The number of aliphatic hydroxyl groups is 1. The lowest BCUT2D eigenvalue weighted by Crippen LogP contribution is -2.46. The highest BCUT2D eigenvalue weighted by molar-refractivity contribution is 5.78. The summed E-state index contributed by atoms with van der Waals surface area (Å²) in [6, 6.07) is 11.3. The third-order valence-electron chi connectivity index (χ3n) is 3.87. The molecule has 0 bridgehead atoms. The fraction of sp³-hybridized carbons (Fsp3) is 0.263. The average molecular weight is 392 g/mol. The number of carboxylic acid groups (broad SMARTS) is 2. The maximum atomic E-state index is 10.7. The van der Waals surface area contributed by atoms with Crippen LogP contribution in [0.3, 0.4) is 0 Å². The zero-order valence-electron chi connectivity index (χ0n) is 15.2. The number of phenols is 2. The molecule has 0 aliphatic carbocycles. The third-order valence-corrected chi connectivity index (χ3v) is 3.87. The molecular formula is C19H24N2O7. The summed E-state index contributed by atoms with van der Waals surface area (Å²) >= 11 is 0. The Kier molecular flexibility index (Phi) is 7.93. The molecule has 9 N–H and O–H groups in total. The Labute approximate surface area is 161 Å². The van der Waals surface area contributed by atoms with Crippen LogP contribution in [0.4, 0.5) is 0 Å². The molecule has 0 saturated carbocycles. The van der Waals surface area contributed by atoms with Crippen LogP contribution in [0.2, 0.25) is 0 Å². The summed E-state index contributed by atoms with van der Waals surface area (Å²) in [4.78, 5) is 21.2. The fourth-order valence-corrected chi connectivity index (χ4v) is 2.17. The number of aromatic hydroxyl groups is 2. The summed E-state index contributed by atoms with van der Waals surface area (Å²) in [7, 11) is 0. The van der Waals surface area contributed by atoms with Gasteiger partial charge in [-0.2, -0.15) is 0 Å². The van der Waals surface area contributed by atoms with Crippen LogP contribution in [0.25, 0.3) is 0 Å². The van der Waals surface area contributed by atoms with Gasteiger partial charge in [0.05, 0.1) is 0 Å². The Morgan fingerprint density at radius 1 is 1.04 bits per heavy atom. The van der Waals surface area contributed by atoms with Crippen molar-refractivity contribution in [2.45, 2.75) is 31.0 Å². The molecule has 0 aliphatic rings. The first-order chi connectivity index (χ1) is 13.0. The van der Waals surface area contributed by atoms with Crippen molar-refractivity contribution in [1.82, 2.24) is 0 Å². The van der Waals surface area contributed by atoms with E-state index in [1.165, 1.54) is 25.1 Å². The standard InChI is InChI=1S/C10H13NO4.C9H11NO3/c1-10(11,9(14)15)5-6-2-3-7(12)8(13)4-6;10-7(9(12)13)8(11)6-4-2-1-3-5-6/h2-4,12-13H,5,11H2,1H3,(H,14,15);1-5,7-8,11H,10H2,(H,12,13)/t10-;7-,8?/m00/s1. The molecule has 0 aliphatic heterocycles. The Balaban J connectivity index is 0.000000283. The van der Waals surface area contributed by atoms with E-state index in [-0.39, 0.29) is 17.9 Å². The summed E-state index contributed by atoms with van der Waals surface area (Å²) in [6.45, 7) is 1.39. The first kappa shape index (κ1) is 22.9. The normalized spacial score (nSPS) is 14.7. The lowest BCUT2D eigenvalue weighted by Gasteiger charge is -2.19. The van der Waals surface area contributed by atoms with Crippen molar-refractivity contribution in [3.8, 4) is 11.5 Å². The number of aliphatic hydroxyl groups excluding tert-OH is 1. The van der Waals surface area contributed by atoms with Gasteiger partial charge in [0, 0.05) is 6.42 Å². The lowest BCUT2D eigenvalue weighted by molar-refractivity contribution is -0.143. The van der Waals surface area contributed by atoms with Gasteiger partial charge in [-0.05, 0) is 30.2 Å². The lowest BCUT2D eigenvalue weighted by atomic mass is 9.94. The monoisotopic (exact) mass is 392 g/mol. The molecule has 9 nitrogen and oxygen atoms in total. The number of hydrogen-bond acceptors (Lipinski definition) is 7. The molecule has 2 aromatic carbocycles. The summed E-state index contributed by atoms with van der Waals surface area (Å²) < 4.78 is 0. The van der Waals surface area contributed by atoms with Crippen molar-refractivity contribution in [2.75, 3.05) is 0 Å². The second kappa shape index (κ2) is 9.70. The smallest absolute Gasteiger partial charge is 0.323 e. The highest BCUT2D eigenvalue weighted by Gasteiger charge is 2.28. The van der Waals surface area contributed by atoms with Crippen molar-refractivity contribution in [3.63, 3.8) is 0 Å². The van der Waals surface area contributed by atoms with Gasteiger partial charge in [-0.3, -0.25) is 9.59 Å². The molecule has 2 rings (SSSR count). The predicted molar refractivity (Wildman–Crippen MR) is 101 cm³/mol. The minimum Gasteiger partial charge on any atom is -0.504 e. The van der Waals surface area contributed by atoms with Gasteiger partial charge < -0.3 is 37.0 Å². The highest BCUT2D eigenvalue weighted by Crippen LogP contribution is 2.26. The summed E-state index contributed by atoms with van der Waals surface area (Å²) in [5, 5.41) is 45.0. The van der Waals surface area contributed by atoms with Gasteiger partial charge in [0.25, 0.3) is 0 Å². The van der Waals surface area contributed by atoms with E-state index in [4.69, 9.17) is 26.8 Å². The fourth-order valence-electron chi connectivity index (χ4n) is 2.17. The van der Waals surface area contributed by atoms with E-state index in [1.54, 1.807) is 30.3 Å². The second-order valence-corrected chi connectivity index (χ2v) is 6.44. The number of aliphatic carboxylic acids is 2. The van der Waals surface area contributed by atoms with E-state index in [1.807, 2.05) is 0 Å². The SMILES string of the molecule is C[C@](N)(Cc1ccc(O)c(O)c1)C(=O)O.N[C@H](C(=O)O)C(O)c1ccccc1. The van der Waals surface area contributed by atoms with E-state index in [2.05, 4.69) is 0 Å². The van der Waals surface area contributed by atoms with Crippen molar-refractivity contribution in [1.29, 1.82) is 0 Å². The van der Waals surface area contributed by atoms with Crippen molar-refractivity contribution >= 4 is 11.9 Å². The minimum atomic E-state index is -1.39. The number of benzene rings is 2. The second-order valence-electron chi connectivity index (χ2n) is 6.44. The molecule has 0 radical (unpaired) electrons. The van der Waals surface area contributed by atoms with Gasteiger partial charge in [-0.25, -0.2) is 0 Å². The van der Waals surface area contributed by atoms with Crippen molar-refractivity contribution in [2.24, 2.45) is 11.5 Å². The average Bonchev–Trinajstić information content (AvgIpc) is 2.64. The van der Waals surface area contributed by atoms with E-state index in [0.29, 0.717) is 11.1 Å². The summed E-state index contributed by atoms with van der Waals surface area (Å²) in [5.41, 5.74) is 10.5. The molecule has 0 aromatic heterocycles. The topological polar surface area (TPSA) is 187 Å². The molecule has 1 unspecified atom stereocenters. The number of carbonyl (C=O) groups is 2. The Bertz CT molecular complexity index is 809. The van der Waals surface area contributed by atoms with Gasteiger partial charge in [0.1, 0.15) is 17.7 Å². The summed E-state index contributed by atoms with van der Waals surface area (Å²) in [6.07, 6.45) is -1.07. The Hall–Kier alpha value is -3.14. The maximum Gasteiger partial charge on any atom is 0.323 e. The Morgan fingerprint density at radius 3 is 2.07 bits per heavy atom. The molecule has 0 amide bonds. The first-order valence-corrected chi connectivity index (χ1v) is 8.20. The molecule has 0 heterocycles. The van der Waals surface area contributed by atoms with Crippen LogP contribution in [0.5, 0.6) is 11.5 Å². The van der Waals surface area contributed by atoms with Crippen LogP contribution in [-0.2, 0) is 16.0 Å². The largest absolute Gasteiger partial charge is 0.504 e. The zero-order valence-corrected chi connectivity index (χ0v) is 15.2. The molecular weight excluding hydrogens is 368 g/mol. The van der Waals surface area contributed by atoms with Crippen LogP contribution in [-0.4, -0.2) is 49.1 Å². The zero-order chi connectivity index (χ0) is 21.5. The van der Waals surface area contributed by atoms with Gasteiger partial charge in [-0.15, -0.1) is 0 Å². The van der Waals surface area contributed by atoms with Gasteiger partial charge in [0.2, 0.25) is 0 Å². The van der Waals surface area contributed by atoms with Crippen LogP contribution in [0.15, 0.2) is 48.5 Å². The molecule has 28 heavy (non-hydrogen) atoms. The Morgan fingerprint density at radius 2 is 1.61 bits per heavy atom. The highest BCUT2D eigenvalue weighted by atomic mass is 16.4. The quantitative estimate of drug-likeness (QED) is 0.345. The molecule has 3 atom stereocenters. The van der Waals surface area contributed by atoms with Gasteiger partial charge in [-0.1, -0.05) is 36.4 Å². The molecule has 0 saturated heterocycles. The van der Waals surface area contributed by atoms with E-state index in [9.17, 15) is 19.8 Å². The number of rotatable bonds is 6. The predicted octanol–water partition coefficient (Wildman–Crippen LogP) is 0.574. The van der Waals surface area contributed by atoms with Crippen molar-refractivity contribution < 1.29 is 35.1 Å². The van der Waals surface area contributed by atoms with E-state index >= 15 is 0 Å². The molecule has 152 valence electrons. The number of nitrogens with two attached hydrogens (primary N) is 2. The maximum absolute atomic E-state index is 10.7. The van der Waals surface area contributed by atoms with Crippen LogP contribution < -0.4 is 11.5 Å². The molecule has 9 heteroatoms. The van der Waals surface area contributed by atoms with Gasteiger partial charge >= 0.3 is 11.9 Å². The first-order valence-electron chi connectivity index (χ1n) is 8.20. The number of phenolic OH excluding ortho intramolecular Hbond substituents is 2. The minimum absolute atomic E-state index is 0.0795. The summed E-state index contributed by atoms with van der Waals surface area (Å²) in [5.74, 6) is -2.85. The van der Waals surface area contributed by atoms with E-state index in [0.717, 1.165) is 0 Å². The van der Waals surface area contributed by atoms with Crippen molar-refractivity contribution in [3.05, 3.63) is 59.7 Å². The van der Waals surface area contributed by atoms with Gasteiger partial charge in [0.15, 0.2) is 11.5 Å². The molecule has 0 spiro atoms. The van der Waals surface area contributed by atoms with Crippen LogP contribution in [0, 0.1) is 0 Å². The van der Waals surface area contributed by atoms with Crippen LogP contribution >= 0.6 is 0 Å². The molecule has 0 fully saturated rings. The number of hydrogen-bond donors (Lipinski definition) is 7.